The Hall–Kier alpha value is -3.69. The van der Waals surface area contributed by atoms with E-state index in [1.54, 1.807) is 61.9 Å². The number of nitrogens with zero attached hydrogens (tertiary/aromatic N) is 2. The van der Waals surface area contributed by atoms with Crippen LogP contribution in [0.4, 0.5) is 0 Å². The van der Waals surface area contributed by atoms with Gasteiger partial charge in [0.2, 0.25) is 0 Å². The van der Waals surface area contributed by atoms with Gasteiger partial charge >= 0.3 is 0 Å². The predicted molar refractivity (Wildman–Crippen MR) is 110 cm³/mol. The summed E-state index contributed by atoms with van der Waals surface area (Å²) in [4.78, 5) is 32.9. The lowest BCUT2D eigenvalue weighted by Gasteiger charge is -2.11. The molecule has 0 bridgehead atoms. The topological polar surface area (TPSA) is 84.0 Å². The number of carbonyl (C=O) groups excluding carboxylic acids is 2. The number of nitrogens with one attached hydrogen (secondary N) is 2. The van der Waals surface area contributed by atoms with Crippen LogP contribution in [0.3, 0.4) is 0 Å². The maximum atomic E-state index is 12.5. The van der Waals surface area contributed by atoms with Crippen LogP contribution in [0.1, 0.15) is 43.1 Å². The molecule has 0 aliphatic carbocycles. The Morgan fingerprint density at radius 3 is 2.48 bits per heavy atom. The van der Waals surface area contributed by atoms with Crippen molar-refractivity contribution in [1.29, 1.82) is 0 Å². The summed E-state index contributed by atoms with van der Waals surface area (Å²) < 4.78 is 0. The lowest BCUT2D eigenvalue weighted by Crippen LogP contribution is -2.42. The third-order valence-electron chi connectivity index (χ3n) is 4.13. The van der Waals surface area contributed by atoms with Crippen LogP contribution in [0.15, 0.2) is 55.0 Å². The lowest BCUT2D eigenvalue weighted by atomic mass is 10.0. The average Bonchev–Trinajstić information content (AvgIpc) is 2.72. The standard InChI is InChI=1S/C22H17ClN4O2/c1-14-6-7-17(12-16(14)8-9-18-13-24-10-11-25-18)21(28)26-27-22(29)20-15(2)4-3-5-19(20)23/h3-7,10-13H,1-2H3,(H,26,28)(H,27,29). The minimum Gasteiger partial charge on any atom is -0.267 e. The van der Waals surface area contributed by atoms with Crippen LogP contribution in [0.25, 0.3) is 0 Å². The first-order valence-electron chi connectivity index (χ1n) is 8.70. The van der Waals surface area contributed by atoms with E-state index in [2.05, 4.69) is 32.7 Å². The van der Waals surface area contributed by atoms with Crippen molar-refractivity contribution in [2.45, 2.75) is 13.8 Å². The second kappa shape index (κ2) is 9.00. The van der Waals surface area contributed by atoms with Gasteiger partial charge in [-0.3, -0.25) is 25.4 Å². The van der Waals surface area contributed by atoms with Crippen molar-refractivity contribution >= 4 is 23.4 Å². The van der Waals surface area contributed by atoms with E-state index in [1.165, 1.54) is 0 Å². The predicted octanol–water partition coefficient (Wildman–Crippen LogP) is 3.22. The van der Waals surface area contributed by atoms with Gasteiger partial charge in [-0.05, 0) is 49.1 Å². The van der Waals surface area contributed by atoms with Gasteiger partial charge in [0.05, 0.1) is 16.8 Å². The molecule has 2 amide bonds. The Bertz CT molecular complexity index is 1110. The Balaban J connectivity index is 1.73. The highest BCUT2D eigenvalue weighted by molar-refractivity contribution is 6.34. The van der Waals surface area contributed by atoms with Crippen LogP contribution < -0.4 is 10.9 Å². The smallest absolute Gasteiger partial charge is 0.267 e. The lowest BCUT2D eigenvalue weighted by molar-refractivity contribution is 0.0846. The van der Waals surface area contributed by atoms with Crippen LogP contribution in [0.5, 0.6) is 0 Å². The van der Waals surface area contributed by atoms with Gasteiger partial charge in [0.1, 0.15) is 5.69 Å². The fraction of sp³-hybridized carbons (Fsp3) is 0.0909. The number of aromatic nitrogens is 2. The Labute approximate surface area is 173 Å². The summed E-state index contributed by atoms with van der Waals surface area (Å²) in [6.07, 6.45) is 4.69. The van der Waals surface area contributed by atoms with Crippen molar-refractivity contribution in [3.8, 4) is 11.8 Å². The molecule has 3 rings (SSSR count). The van der Waals surface area contributed by atoms with Crippen LogP contribution in [-0.2, 0) is 0 Å². The summed E-state index contributed by atoms with van der Waals surface area (Å²) in [5.74, 6) is 4.95. The van der Waals surface area contributed by atoms with Crippen molar-refractivity contribution in [2.24, 2.45) is 0 Å². The van der Waals surface area contributed by atoms with Crippen molar-refractivity contribution in [3.63, 3.8) is 0 Å². The molecular weight excluding hydrogens is 388 g/mol. The molecule has 1 aromatic heterocycles. The summed E-state index contributed by atoms with van der Waals surface area (Å²) in [6, 6.07) is 10.2. The first-order chi connectivity index (χ1) is 14.0. The molecule has 7 heteroatoms. The molecule has 0 atom stereocenters. The summed E-state index contributed by atoms with van der Waals surface area (Å²) in [7, 11) is 0. The molecule has 0 radical (unpaired) electrons. The molecule has 0 aliphatic rings. The first-order valence-corrected chi connectivity index (χ1v) is 9.08. The second-order valence-corrected chi connectivity index (χ2v) is 6.62. The Morgan fingerprint density at radius 2 is 1.76 bits per heavy atom. The molecule has 0 fully saturated rings. The molecule has 3 aromatic rings. The SMILES string of the molecule is Cc1ccc(C(=O)NNC(=O)c2c(C)cccc2Cl)cc1C#Cc1cnccn1. The molecule has 29 heavy (non-hydrogen) atoms. The van der Waals surface area contributed by atoms with Crippen molar-refractivity contribution in [3.05, 3.63) is 93.5 Å². The van der Waals surface area contributed by atoms with E-state index in [0.717, 1.165) is 5.56 Å². The number of amides is 2. The zero-order valence-corrected chi connectivity index (χ0v) is 16.5. The third kappa shape index (κ3) is 4.98. The maximum absolute atomic E-state index is 12.5. The fourth-order valence-electron chi connectivity index (χ4n) is 2.56. The molecule has 0 aliphatic heterocycles. The number of hydrazine groups is 1. The fourth-order valence-corrected chi connectivity index (χ4v) is 2.87. The highest BCUT2D eigenvalue weighted by atomic mass is 35.5. The Morgan fingerprint density at radius 1 is 0.966 bits per heavy atom. The van der Waals surface area contributed by atoms with Crippen LogP contribution in [0, 0.1) is 25.7 Å². The summed E-state index contributed by atoms with van der Waals surface area (Å²) >= 11 is 6.08. The minimum absolute atomic E-state index is 0.314. The molecule has 2 aromatic carbocycles. The average molecular weight is 405 g/mol. The number of rotatable bonds is 2. The third-order valence-corrected chi connectivity index (χ3v) is 4.44. The van der Waals surface area contributed by atoms with E-state index in [-0.39, 0.29) is 0 Å². The van der Waals surface area contributed by atoms with Gasteiger partial charge < -0.3 is 0 Å². The van der Waals surface area contributed by atoms with E-state index in [4.69, 9.17) is 11.6 Å². The van der Waals surface area contributed by atoms with E-state index < -0.39 is 11.8 Å². The normalized spacial score (nSPS) is 9.90. The largest absolute Gasteiger partial charge is 0.271 e. The number of benzene rings is 2. The van der Waals surface area contributed by atoms with E-state index >= 15 is 0 Å². The van der Waals surface area contributed by atoms with Crippen molar-refractivity contribution in [2.75, 3.05) is 0 Å². The quantitative estimate of drug-likeness (QED) is 0.507. The van der Waals surface area contributed by atoms with Gasteiger partial charge in [0.15, 0.2) is 0 Å². The number of aryl methyl sites for hydroxylation is 2. The van der Waals surface area contributed by atoms with Crippen LogP contribution in [0.2, 0.25) is 5.02 Å². The number of hydrogen-bond donors (Lipinski definition) is 2. The highest BCUT2D eigenvalue weighted by Crippen LogP contribution is 2.19. The van der Waals surface area contributed by atoms with E-state index in [1.807, 2.05) is 6.92 Å². The molecule has 2 N–H and O–H groups in total. The minimum atomic E-state index is -0.490. The maximum Gasteiger partial charge on any atom is 0.271 e. The molecule has 0 saturated carbocycles. The summed E-state index contributed by atoms with van der Waals surface area (Å²) in [5.41, 5.74) is 8.30. The number of halogens is 1. The summed E-state index contributed by atoms with van der Waals surface area (Å²) in [5, 5.41) is 0.314. The molecule has 0 unspecified atom stereocenters. The second-order valence-electron chi connectivity index (χ2n) is 6.21. The van der Waals surface area contributed by atoms with Gasteiger partial charge in [0.25, 0.3) is 11.8 Å². The highest BCUT2D eigenvalue weighted by Gasteiger charge is 2.14. The zero-order valence-electron chi connectivity index (χ0n) is 15.8. The number of carbonyl (C=O) groups is 2. The van der Waals surface area contributed by atoms with E-state index in [0.29, 0.717) is 33.0 Å². The van der Waals surface area contributed by atoms with Gasteiger partial charge in [0, 0.05) is 23.5 Å². The molecular formula is C22H17ClN4O2. The first kappa shape index (κ1) is 20.1. The summed E-state index contributed by atoms with van der Waals surface area (Å²) in [6.45, 7) is 3.66. The van der Waals surface area contributed by atoms with E-state index in [9.17, 15) is 9.59 Å². The molecule has 1 heterocycles. The molecule has 6 nitrogen and oxygen atoms in total. The molecule has 144 valence electrons. The van der Waals surface area contributed by atoms with Gasteiger partial charge in [-0.2, -0.15) is 0 Å². The molecule has 0 saturated heterocycles. The zero-order chi connectivity index (χ0) is 20.8. The van der Waals surface area contributed by atoms with Gasteiger partial charge in [-0.15, -0.1) is 0 Å². The van der Waals surface area contributed by atoms with Gasteiger partial charge in [-0.1, -0.05) is 35.7 Å². The van der Waals surface area contributed by atoms with Crippen LogP contribution >= 0.6 is 11.6 Å². The molecule has 0 spiro atoms. The van der Waals surface area contributed by atoms with Crippen molar-refractivity contribution < 1.29 is 9.59 Å². The monoisotopic (exact) mass is 404 g/mol. The van der Waals surface area contributed by atoms with Crippen LogP contribution in [-0.4, -0.2) is 21.8 Å². The van der Waals surface area contributed by atoms with Gasteiger partial charge in [-0.25, -0.2) is 4.98 Å². The Kier molecular flexibility index (Phi) is 6.22. The number of hydrogen-bond acceptors (Lipinski definition) is 4. The van der Waals surface area contributed by atoms with Crippen molar-refractivity contribution in [1.82, 2.24) is 20.8 Å².